The van der Waals surface area contributed by atoms with Crippen molar-refractivity contribution in [2.75, 3.05) is 0 Å². The van der Waals surface area contributed by atoms with Crippen LogP contribution < -0.4 is 5.56 Å². The number of para-hydroxylation sites is 1. The Kier molecular flexibility index (Phi) is 3.15. The summed E-state index contributed by atoms with van der Waals surface area (Å²) in [6.07, 6.45) is 0. The number of fused-ring (bicyclic) bond motifs is 1. The Morgan fingerprint density at radius 3 is 2.35 bits per heavy atom. The zero-order chi connectivity index (χ0) is 14.1. The summed E-state index contributed by atoms with van der Waals surface area (Å²) in [5.41, 5.74) is 3.80. The summed E-state index contributed by atoms with van der Waals surface area (Å²) in [5.74, 6) is 0.499. The fourth-order valence-corrected chi connectivity index (χ4v) is 2.41. The summed E-state index contributed by atoms with van der Waals surface area (Å²) in [7, 11) is 0. The number of hydrogen-bond acceptors (Lipinski definition) is 1. The first kappa shape index (κ1) is 12.7. The Hall–Kier alpha value is -2.35. The lowest BCUT2D eigenvalue weighted by atomic mass is 9.99. The van der Waals surface area contributed by atoms with Crippen LogP contribution in [-0.4, -0.2) is 4.98 Å². The fraction of sp³-hybridized carbons (Fsp3) is 0.167. The van der Waals surface area contributed by atoms with E-state index < -0.39 is 0 Å². The lowest BCUT2D eigenvalue weighted by molar-refractivity contribution is 0.867. The molecule has 2 nitrogen and oxygen atoms in total. The Balaban J connectivity index is 2.13. The molecule has 0 unspecified atom stereocenters. The Bertz CT molecular complexity index is 798. The van der Waals surface area contributed by atoms with Gasteiger partial charge in [-0.05, 0) is 34.6 Å². The van der Waals surface area contributed by atoms with Gasteiger partial charge in [-0.1, -0.05) is 56.3 Å². The molecule has 0 aliphatic heterocycles. The van der Waals surface area contributed by atoms with Crippen LogP contribution in [0.3, 0.4) is 0 Å². The van der Waals surface area contributed by atoms with Crippen molar-refractivity contribution < 1.29 is 0 Å². The average molecular weight is 263 g/mol. The normalized spacial score (nSPS) is 11.2. The monoisotopic (exact) mass is 263 g/mol. The zero-order valence-corrected chi connectivity index (χ0v) is 11.7. The molecule has 0 saturated carbocycles. The number of aromatic nitrogens is 1. The van der Waals surface area contributed by atoms with Gasteiger partial charge in [0.1, 0.15) is 0 Å². The van der Waals surface area contributed by atoms with Crippen molar-refractivity contribution in [3.05, 3.63) is 70.5 Å². The Morgan fingerprint density at radius 2 is 1.65 bits per heavy atom. The standard InChI is InChI=1S/C18H17NO/c1-12(2)13-7-9-14(10-8-13)16-11-15-5-3-4-6-17(15)19-18(16)20/h3-12H,1-2H3,(H,19,20). The van der Waals surface area contributed by atoms with Gasteiger partial charge in [-0.25, -0.2) is 0 Å². The minimum atomic E-state index is -0.0407. The number of aromatic amines is 1. The average Bonchev–Trinajstić information content (AvgIpc) is 2.46. The molecule has 20 heavy (non-hydrogen) atoms. The van der Waals surface area contributed by atoms with Gasteiger partial charge in [0, 0.05) is 11.1 Å². The minimum Gasteiger partial charge on any atom is -0.321 e. The van der Waals surface area contributed by atoms with E-state index in [1.165, 1.54) is 5.56 Å². The van der Waals surface area contributed by atoms with Gasteiger partial charge in [-0.15, -0.1) is 0 Å². The van der Waals surface area contributed by atoms with Crippen LogP contribution in [0.2, 0.25) is 0 Å². The Labute approximate surface area is 118 Å². The fourth-order valence-electron chi connectivity index (χ4n) is 2.41. The molecule has 0 bridgehead atoms. The van der Waals surface area contributed by atoms with Crippen LogP contribution in [0.25, 0.3) is 22.0 Å². The number of H-pyrrole nitrogens is 1. The van der Waals surface area contributed by atoms with Gasteiger partial charge in [0.05, 0.1) is 0 Å². The third kappa shape index (κ3) is 2.25. The molecule has 0 radical (unpaired) electrons. The van der Waals surface area contributed by atoms with Crippen LogP contribution in [0.15, 0.2) is 59.4 Å². The van der Waals surface area contributed by atoms with Gasteiger partial charge >= 0.3 is 0 Å². The van der Waals surface area contributed by atoms with E-state index in [1.807, 2.05) is 42.5 Å². The second-order valence-electron chi connectivity index (χ2n) is 5.38. The van der Waals surface area contributed by atoms with Crippen LogP contribution in [0.1, 0.15) is 25.3 Å². The molecule has 1 aromatic heterocycles. The molecule has 3 aromatic rings. The quantitative estimate of drug-likeness (QED) is 0.734. The van der Waals surface area contributed by atoms with Gasteiger partial charge in [0.2, 0.25) is 0 Å². The first-order valence-electron chi connectivity index (χ1n) is 6.87. The highest BCUT2D eigenvalue weighted by atomic mass is 16.1. The predicted molar refractivity (Wildman–Crippen MR) is 84.1 cm³/mol. The highest BCUT2D eigenvalue weighted by molar-refractivity contribution is 5.83. The minimum absolute atomic E-state index is 0.0407. The lowest BCUT2D eigenvalue weighted by Crippen LogP contribution is -2.08. The molecule has 0 saturated heterocycles. The highest BCUT2D eigenvalue weighted by Crippen LogP contribution is 2.22. The topological polar surface area (TPSA) is 32.9 Å². The number of rotatable bonds is 2. The molecule has 1 N–H and O–H groups in total. The van der Waals surface area contributed by atoms with E-state index in [0.717, 1.165) is 22.0 Å². The first-order chi connectivity index (χ1) is 9.65. The summed E-state index contributed by atoms with van der Waals surface area (Å²) in [6, 6.07) is 18.0. The van der Waals surface area contributed by atoms with E-state index in [-0.39, 0.29) is 5.56 Å². The maximum atomic E-state index is 12.2. The second kappa shape index (κ2) is 4.97. The van der Waals surface area contributed by atoms with Crippen molar-refractivity contribution in [3.63, 3.8) is 0 Å². The van der Waals surface area contributed by atoms with Crippen molar-refractivity contribution >= 4 is 10.9 Å². The summed E-state index contributed by atoms with van der Waals surface area (Å²) in [6.45, 7) is 4.33. The molecule has 3 rings (SSSR count). The second-order valence-corrected chi connectivity index (χ2v) is 5.38. The summed E-state index contributed by atoms with van der Waals surface area (Å²) >= 11 is 0. The molecule has 0 amide bonds. The SMILES string of the molecule is CC(C)c1ccc(-c2cc3ccccc3[nH]c2=O)cc1. The number of hydrogen-bond donors (Lipinski definition) is 1. The summed E-state index contributed by atoms with van der Waals surface area (Å²) in [4.78, 5) is 15.1. The van der Waals surface area contributed by atoms with E-state index in [9.17, 15) is 4.79 Å². The summed E-state index contributed by atoms with van der Waals surface area (Å²) in [5, 5.41) is 1.05. The van der Waals surface area contributed by atoms with E-state index in [1.54, 1.807) is 0 Å². The largest absolute Gasteiger partial charge is 0.321 e. The molecule has 0 aliphatic carbocycles. The number of pyridine rings is 1. The van der Waals surface area contributed by atoms with Gasteiger partial charge in [0.15, 0.2) is 0 Å². The van der Waals surface area contributed by atoms with Crippen molar-refractivity contribution in [2.45, 2.75) is 19.8 Å². The van der Waals surface area contributed by atoms with Crippen LogP contribution >= 0.6 is 0 Å². The maximum Gasteiger partial charge on any atom is 0.256 e. The molecule has 0 atom stereocenters. The Morgan fingerprint density at radius 1 is 0.950 bits per heavy atom. The third-order valence-electron chi connectivity index (χ3n) is 3.64. The number of nitrogens with one attached hydrogen (secondary N) is 1. The lowest BCUT2D eigenvalue weighted by Gasteiger charge is -2.07. The molecule has 1 heterocycles. The molecular weight excluding hydrogens is 246 g/mol. The van der Waals surface area contributed by atoms with E-state index in [4.69, 9.17) is 0 Å². The summed E-state index contributed by atoms with van der Waals surface area (Å²) < 4.78 is 0. The smallest absolute Gasteiger partial charge is 0.256 e. The first-order valence-corrected chi connectivity index (χ1v) is 6.87. The van der Waals surface area contributed by atoms with Gasteiger partial charge < -0.3 is 4.98 Å². The van der Waals surface area contributed by atoms with Crippen LogP contribution in [-0.2, 0) is 0 Å². The van der Waals surface area contributed by atoms with Crippen molar-refractivity contribution in [2.24, 2.45) is 0 Å². The van der Waals surface area contributed by atoms with Crippen LogP contribution in [0, 0.1) is 0 Å². The highest BCUT2D eigenvalue weighted by Gasteiger charge is 2.06. The van der Waals surface area contributed by atoms with E-state index in [2.05, 4.69) is 31.0 Å². The molecular formula is C18H17NO. The van der Waals surface area contributed by atoms with Gasteiger partial charge in [0.25, 0.3) is 5.56 Å². The van der Waals surface area contributed by atoms with Crippen LogP contribution in [0.5, 0.6) is 0 Å². The van der Waals surface area contributed by atoms with Gasteiger partial charge in [-0.2, -0.15) is 0 Å². The van der Waals surface area contributed by atoms with Gasteiger partial charge in [-0.3, -0.25) is 4.79 Å². The van der Waals surface area contributed by atoms with Crippen LogP contribution in [0.4, 0.5) is 0 Å². The molecule has 0 fully saturated rings. The molecule has 100 valence electrons. The molecule has 0 spiro atoms. The molecule has 2 heteroatoms. The predicted octanol–water partition coefficient (Wildman–Crippen LogP) is 4.32. The number of benzene rings is 2. The van der Waals surface area contributed by atoms with Crippen molar-refractivity contribution in [3.8, 4) is 11.1 Å². The zero-order valence-electron chi connectivity index (χ0n) is 11.7. The van der Waals surface area contributed by atoms with E-state index in [0.29, 0.717) is 5.92 Å². The van der Waals surface area contributed by atoms with Crippen molar-refractivity contribution in [1.29, 1.82) is 0 Å². The molecule has 2 aromatic carbocycles. The third-order valence-corrected chi connectivity index (χ3v) is 3.64. The van der Waals surface area contributed by atoms with Crippen molar-refractivity contribution in [1.82, 2.24) is 4.98 Å². The molecule has 0 aliphatic rings. The maximum absolute atomic E-state index is 12.2. The van der Waals surface area contributed by atoms with E-state index >= 15 is 0 Å².